The van der Waals surface area contributed by atoms with Crippen molar-refractivity contribution in [2.75, 3.05) is 0 Å². The van der Waals surface area contributed by atoms with Crippen LogP contribution < -0.4 is 0 Å². The minimum absolute atomic E-state index is 0. The Morgan fingerprint density at radius 1 is 0.600 bits per heavy atom. The molecule has 0 aromatic carbocycles. The molecule has 4 nitrogen and oxygen atoms in total. The number of hydrogen-bond donors (Lipinski definition) is 0. The Morgan fingerprint density at radius 3 is 0.600 bits per heavy atom. The zero-order valence-corrected chi connectivity index (χ0v) is 3.52. The second-order valence-corrected chi connectivity index (χ2v) is 0. The summed E-state index contributed by atoms with van der Waals surface area (Å²) in [6.45, 7) is 0. The average Bonchev–Trinajstić information content (AvgIpc) is 0. The molecule has 0 aromatic rings. The van der Waals surface area contributed by atoms with Crippen LogP contribution in [0.1, 0.15) is 0 Å². The van der Waals surface area contributed by atoms with Gasteiger partial charge < -0.3 is 21.9 Å². The van der Waals surface area contributed by atoms with Crippen molar-refractivity contribution in [2.45, 2.75) is 0 Å². The zero-order chi connectivity index (χ0) is 0. The van der Waals surface area contributed by atoms with Gasteiger partial charge in [0.25, 0.3) is 0 Å². The minimum Gasteiger partial charge on any atom is -0.870 e. The maximum absolute atomic E-state index is 0. The smallest absolute Gasteiger partial charge is 0 e. The summed E-state index contributed by atoms with van der Waals surface area (Å²) in [7, 11) is 0. The summed E-state index contributed by atoms with van der Waals surface area (Å²) < 4.78 is 0. The van der Waals surface area contributed by atoms with Crippen molar-refractivity contribution in [1.82, 2.24) is 0 Å². The van der Waals surface area contributed by atoms with Crippen LogP contribution in [0.2, 0.25) is 0 Å². The van der Waals surface area contributed by atoms with Crippen LogP contribution in [0.4, 0.5) is 0 Å². The van der Waals surface area contributed by atoms with Crippen molar-refractivity contribution in [3.63, 3.8) is 0 Å². The van der Waals surface area contributed by atoms with E-state index in [1.54, 1.807) is 0 Å². The molecule has 0 fully saturated rings. The van der Waals surface area contributed by atoms with Gasteiger partial charge in [0.2, 0.25) is 0 Å². The van der Waals surface area contributed by atoms with Crippen molar-refractivity contribution < 1.29 is 39.3 Å². The van der Waals surface area contributed by atoms with Crippen LogP contribution in [0, 0.1) is 0 Å². The summed E-state index contributed by atoms with van der Waals surface area (Å²) in [4.78, 5) is 0. The van der Waals surface area contributed by atoms with Crippen molar-refractivity contribution in [3.8, 4) is 0 Å². The van der Waals surface area contributed by atoms with Gasteiger partial charge in [-0.3, -0.25) is 0 Å². The van der Waals surface area contributed by atoms with Gasteiger partial charge in [-0.1, -0.05) is 0 Å². The SMILES string of the molecule is O.[Cr].[OH-].[OH-].[OH-]. The van der Waals surface area contributed by atoms with E-state index in [0.29, 0.717) is 0 Å². The van der Waals surface area contributed by atoms with E-state index in [4.69, 9.17) is 0 Å². The molecule has 0 aromatic heterocycles. The van der Waals surface area contributed by atoms with E-state index >= 15 is 0 Å². The predicted molar refractivity (Wildman–Crippen MR) is 9.42 cm³/mol. The zero-order valence-electron chi connectivity index (χ0n) is 2.25. The molecule has 0 atom stereocenters. The second-order valence-electron chi connectivity index (χ2n) is 0. The Labute approximate surface area is 40.2 Å². The summed E-state index contributed by atoms with van der Waals surface area (Å²) in [5.41, 5.74) is 0. The number of hydrogen-bond acceptors (Lipinski definition) is 3. The fourth-order valence-electron chi connectivity index (χ4n) is 0. The third-order valence-electron chi connectivity index (χ3n) is 0. The van der Waals surface area contributed by atoms with Gasteiger partial charge in [-0.25, -0.2) is 0 Å². The molecular formula is H5CrO4-3. The van der Waals surface area contributed by atoms with Gasteiger partial charge in [-0.15, -0.1) is 0 Å². The van der Waals surface area contributed by atoms with Gasteiger partial charge in [0.05, 0.1) is 0 Å². The molecule has 0 aliphatic carbocycles. The first-order valence-corrected chi connectivity index (χ1v) is 0. The van der Waals surface area contributed by atoms with Crippen LogP contribution in [-0.2, 0) is 17.4 Å². The van der Waals surface area contributed by atoms with E-state index in [2.05, 4.69) is 0 Å². The van der Waals surface area contributed by atoms with Gasteiger partial charge in [0, 0.05) is 17.4 Å². The molecule has 0 saturated carbocycles. The summed E-state index contributed by atoms with van der Waals surface area (Å²) in [5.74, 6) is 0. The first-order valence-electron chi connectivity index (χ1n) is 0. The molecule has 0 rings (SSSR count). The molecule has 0 heterocycles. The molecule has 0 bridgehead atoms. The van der Waals surface area contributed by atoms with Crippen molar-refractivity contribution in [3.05, 3.63) is 0 Å². The van der Waals surface area contributed by atoms with Gasteiger partial charge in [0.1, 0.15) is 0 Å². The maximum Gasteiger partial charge on any atom is 0 e. The molecule has 0 aliphatic rings. The standard InChI is InChI=1S/Cr.4H2O/h;4*1H2/p-3. The average molecular weight is 121 g/mol. The maximum atomic E-state index is 0. The van der Waals surface area contributed by atoms with Crippen LogP contribution in [0.15, 0.2) is 0 Å². The summed E-state index contributed by atoms with van der Waals surface area (Å²) >= 11 is 0. The van der Waals surface area contributed by atoms with Crippen molar-refractivity contribution >= 4 is 0 Å². The Balaban J connectivity index is 0. The molecular weight excluding hydrogens is 116 g/mol. The molecule has 0 radical (unpaired) electrons. The van der Waals surface area contributed by atoms with Gasteiger partial charge in [-0.05, 0) is 0 Å². The minimum atomic E-state index is 0. The molecule has 5 heavy (non-hydrogen) atoms. The molecule has 0 saturated heterocycles. The number of rotatable bonds is 0. The second kappa shape index (κ2) is 358. The van der Waals surface area contributed by atoms with E-state index < -0.39 is 0 Å². The topological polar surface area (TPSA) is 122 Å². The quantitative estimate of drug-likeness (QED) is 0.393. The Morgan fingerprint density at radius 2 is 0.600 bits per heavy atom. The summed E-state index contributed by atoms with van der Waals surface area (Å²) in [6.07, 6.45) is 0. The van der Waals surface area contributed by atoms with E-state index in [9.17, 15) is 0 Å². The van der Waals surface area contributed by atoms with Crippen molar-refractivity contribution in [2.24, 2.45) is 0 Å². The molecule has 38 valence electrons. The molecule has 5 heteroatoms. The molecule has 0 amide bonds. The van der Waals surface area contributed by atoms with Crippen molar-refractivity contribution in [1.29, 1.82) is 0 Å². The molecule has 0 spiro atoms. The first-order chi connectivity index (χ1) is 0. The Bertz CT molecular complexity index is 3.61. The van der Waals surface area contributed by atoms with E-state index in [1.165, 1.54) is 0 Å². The van der Waals surface area contributed by atoms with Gasteiger partial charge in [0.15, 0.2) is 0 Å². The fourth-order valence-corrected chi connectivity index (χ4v) is 0. The molecule has 5 N–H and O–H groups in total. The van der Waals surface area contributed by atoms with Crippen LogP contribution in [-0.4, -0.2) is 21.9 Å². The third-order valence-corrected chi connectivity index (χ3v) is 0. The van der Waals surface area contributed by atoms with Crippen LogP contribution in [0.3, 0.4) is 0 Å². The Kier molecular flexibility index (Phi) is 53100. The first kappa shape index (κ1) is 740. The third kappa shape index (κ3) is 177. The monoisotopic (exact) mass is 121 g/mol. The van der Waals surface area contributed by atoms with Crippen LogP contribution >= 0.6 is 0 Å². The predicted octanol–water partition coefficient (Wildman–Crippen LogP) is -1.36. The summed E-state index contributed by atoms with van der Waals surface area (Å²) in [6, 6.07) is 0. The summed E-state index contributed by atoms with van der Waals surface area (Å²) in [5, 5.41) is 0. The van der Waals surface area contributed by atoms with Gasteiger partial charge >= 0.3 is 0 Å². The van der Waals surface area contributed by atoms with Crippen LogP contribution in [0.5, 0.6) is 0 Å². The van der Waals surface area contributed by atoms with Crippen LogP contribution in [0.25, 0.3) is 0 Å². The fraction of sp³-hybridized carbons (Fsp3) is 0. The van der Waals surface area contributed by atoms with E-state index in [1.807, 2.05) is 0 Å². The van der Waals surface area contributed by atoms with E-state index in [0.717, 1.165) is 0 Å². The largest absolute Gasteiger partial charge is 0.870 e. The normalized spacial score (nSPS) is 0. The molecule has 0 aliphatic heterocycles. The van der Waals surface area contributed by atoms with Gasteiger partial charge in [-0.2, -0.15) is 0 Å². The van der Waals surface area contributed by atoms with E-state index in [-0.39, 0.29) is 39.3 Å². The molecule has 0 unspecified atom stereocenters. The Hall–Kier alpha value is 0.372.